The van der Waals surface area contributed by atoms with Crippen LogP contribution in [0.5, 0.6) is 23.0 Å². The van der Waals surface area contributed by atoms with Gasteiger partial charge in [-0.05, 0) is 54.7 Å². The fourth-order valence-corrected chi connectivity index (χ4v) is 3.87. The largest absolute Gasteiger partial charge is 0.493 e. The molecule has 1 aliphatic carbocycles. The van der Waals surface area contributed by atoms with E-state index >= 15 is 0 Å². The summed E-state index contributed by atoms with van der Waals surface area (Å²) in [7, 11) is 4.76. The van der Waals surface area contributed by atoms with Gasteiger partial charge in [-0.2, -0.15) is 0 Å². The number of carboxylic acids is 2. The van der Waals surface area contributed by atoms with Crippen LogP contribution in [0.1, 0.15) is 30.5 Å². The molecule has 0 amide bonds. The van der Waals surface area contributed by atoms with Gasteiger partial charge in [0, 0.05) is 11.6 Å². The second kappa shape index (κ2) is 12.9. The fourth-order valence-electron chi connectivity index (χ4n) is 3.87. The number of ether oxygens (including phenoxy) is 4. The van der Waals surface area contributed by atoms with Crippen LogP contribution in [0, 0.1) is 0 Å². The van der Waals surface area contributed by atoms with Gasteiger partial charge >= 0.3 is 11.9 Å². The van der Waals surface area contributed by atoms with Gasteiger partial charge in [-0.3, -0.25) is 4.79 Å². The number of carboxylic acid groups (broad SMARTS) is 2. The van der Waals surface area contributed by atoms with E-state index in [-0.39, 0.29) is 11.5 Å². The Morgan fingerprint density at radius 3 is 2.05 bits per heavy atom. The topological polar surface area (TPSA) is 195 Å². The molecule has 0 heterocycles. The lowest BCUT2D eigenvalue weighted by Crippen LogP contribution is -2.39. The summed E-state index contributed by atoms with van der Waals surface area (Å²) in [5.41, 5.74) is 9.77. The molecule has 0 aromatic heterocycles. The standard InChI is InChI=1S/C21H25NO5.C4H6O6/c1-5-27-17-9-7-13-14(11-16(17)23)15(22)8-6-12-10-18(24-2)20(25-3)21(26-4)19(12)13;5-1(3(7)8)2(6)4(9)10/h7,9-11,15H,5-6,8,22H2,1-4H3;1-2,5-6H,(H,7,8)(H,9,10). The summed E-state index contributed by atoms with van der Waals surface area (Å²) < 4.78 is 22.2. The molecule has 2 aromatic carbocycles. The molecule has 12 heteroatoms. The van der Waals surface area contributed by atoms with Gasteiger partial charge in [0.2, 0.25) is 11.2 Å². The Morgan fingerprint density at radius 2 is 1.57 bits per heavy atom. The van der Waals surface area contributed by atoms with Crippen molar-refractivity contribution in [2.45, 2.75) is 38.0 Å². The van der Waals surface area contributed by atoms with Crippen molar-refractivity contribution < 1.29 is 49.0 Å². The van der Waals surface area contributed by atoms with E-state index < -0.39 is 24.1 Å². The summed E-state index contributed by atoms with van der Waals surface area (Å²) in [6.07, 6.45) is -3.10. The molecule has 3 rings (SSSR count). The highest BCUT2D eigenvalue weighted by Crippen LogP contribution is 2.49. The number of hydrogen-bond acceptors (Lipinski definition) is 10. The maximum Gasteiger partial charge on any atom is 0.335 e. The van der Waals surface area contributed by atoms with Crippen LogP contribution in [0.3, 0.4) is 0 Å². The van der Waals surface area contributed by atoms with Crippen molar-refractivity contribution in [3.8, 4) is 34.1 Å². The summed E-state index contributed by atoms with van der Waals surface area (Å²) in [5, 5.41) is 32.5. The van der Waals surface area contributed by atoms with Crippen molar-refractivity contribution in [2.75, 3.05) is 27.9 Å². The number of aryl methyl sites for hydroxylation is 1. The highest BCUT2D eigenvalue weighted by Gasteiger charge is 2.29. The zero-order valence-corrected chi connectivity index (χ0v) is 20.9. The maximum absolute atomic E-state index is 12.6. The number of rotatable bonds is 8. The molecular weight excluding hydrogens is 490 g/mol. The summed E-state index contributed by atoms with van der Waals surface area (Å²) in [5.74, 6) is -1.55. The van der Waals surface area contributed by atoms with E-state index in [9.17, 15) is 14.4 Å². The normalized spacial score (nSPS) is 15.4. The minimum Gasteiger partial charge on any atom is -0.493 e. The molecule has 2 aromatic rings. The molecule has 1 aliphatic rings. The van der Waals surface area contributed by atoms with Gasteiger partial charge in [0.1, 0.15) is 0 Å². The monoisotopic (exact) mass is 521 g/mol. The molecule has 0 fully saturated rings. The molecule has 0 bridgehead atoms. The number of benzene rings is 1. The van der Waals surface area contributed by atoms with Crippen LogP contribution in [-0.4, -0.2) is 72.5 Å². The molecule has 6 N–H and O–H groups in total. The first kappa shape index (κ1) is 29.4. The fraction of sp³-hybridized carbons (Fsp3) is 0.400. The number of aliphatic hydroxyl groups is 2. The third kappa shape index (κ3) is 6.47. The second-order valence-corrected chi connectivity index (χ2v) is 7.90. The van der Waals surface area contributed by atoms with Crippen molar-refractivity contribution >= 4 is 11.9 Å². The minimum atomic E-state index is -2.27. The molecule has 0 spiro atoms. The molecule has 3 unspecified atom stereocenters. The smallest absolute Gasteiger partial charge is 0.335 e. The Morgan fingerprint density at radius 1 is 0.973 bits per heavy atom. The van der Waals surface area contributed by atoms with Crippen molar-refractivity contribution in [1.29, 1.82) is 0 Å². The molecule has 12 nitrogen and oxygen atoms in total. The van der Waals surface area contributed by atoms with E-state index in [1.165, 1.54) is 0 Å². The first-order chi connectivity index (χ1) is 17.5. The average Bonchev–Trinajstić information content (AvgIpc) is 3.11. The second-order valence-electron chi connectivity index (χ2n) is 7.90. The number of methoxy groups -OCH3 is 3. The predicted octanol–water partition coefficient (Wildman–Crippen LogP) is 0.962. The minimum absolute atomic E-state index is 0.184. The molecule has 37 heavy (non-hydrogen) atoms. The number of fused-ring (bicyclic) bond motifs is 3. The van der Waals surface area contributed by atoms with Crippen LogP contribution in [0.4, 0.5) is 0 Å². The van der Waals surface area contributed by atoms with Crippen molar-refractivity contribution in [3.05, 3.63) is 45.6 Å². The van der Waals surface area contributed by atoms with E-state index in [4.69, 9.17) is 45.1 Å². The van der Waals surface area contributed by atoms with E-state index in [0.29, 0.717) is 36.0 Å². The Hall–Kier alpha value is -3.87. The Bertz CT molecular complexity index is 1180. The molecule has 0 radical (unpaired) electrons. The number of aliphatic hydroxyl groups excluding tert-OH is 2. The predicted molar refractivity (Wildman–Crippen MR) is 132 cm³/mol. The average molecular weight is 522 g/mol. The van der Waals surface area contributed by atoms with Crippen LogP contribution in [0.25, 0.3) is 11.1 Å². The molecule has 0 saturated carbocycles. The van der Waals surface area contributed by atoms with Crippen molar-refractivity contribution in [3.63, 3.8) is 0 Å². The molecule has 0 aliphatic heterocycles. The maximum atomic E-state index is 12.6. The molecule has 202 valence electrons. The lowest BCUT2D eigenvalue weighted by atomic mass is 9.95. The van der Waals surface area contributed by atoms with Crippen LogP contribution in [-0.2, 0) is 16.0 Å². The van der Waals surface area contributed by atoms with Gasteiger partial charge in [-0.1, -0.05) is 6.07 Å². The molecular formula is C25H31NO11. The zero-order valence-electron chi connectivity index (χ0n) is 20.9. The number of carbonyl (C=O) groups is 2. The highest BCUT2D eigenvalue weighted by molar-refractivity contribution is 5.83. The SMILES string of the molecule is CCOc1ccc2c(cc1=O)C(N)CCc1cc(OC)c(OC)c(OC)c1-2.O=C(O)C(O)C(O)C(=O)O. The van der Waals surface area contributed by atoms with E-state index in [1.54, 1.807) is 33.5 Å². The summed E-state index contributed by atoms with van der Waals surface area (Å²) in [6, 6.07) is 6.83. The number of nitrogens with two attached hydrogens (primary N) is 1. The van der Waals surface area contributed by atoms with Crippen LogP contribution < -0.4 is 30.1 Å². The summed E-state index contributed by atoms with van der Waals surface area (Å²) in [4.78, 5) is 32.1. The third-order valence-electron chi connectivity index (χ3n) is 5.65. The summed E-state index contributed by atoms with van der Waals surface area (Å²) in [6.45, 7) is 2.26. The molecule has 0 saturated heterocycles. The van der Waals surface area contributed by atoms with Crippen molar-refractivity contribution in [2.24, 2.45) is 5.73 Å². The van der Waals surface area contributed by atoms with Crippen LogP contribution in [0.2, 0.25) is 0 Å². The van der Waals surface area contributed by atoms with Gasteiger partial charge in [0.05, 0.1) is 27.9 Å². The number of aliphatic carboxylic acids is 2. The Balaban J connectivity index is 0.000000410. The Kier molecular flexibility index (Phi) is 10.2. The van der Waals surface area contributed by atoms with Gasteiger partial charge in [-0.15, -0.1) is 0 Å². The van der Waals surface area contributed by atoms with E-state index in [2.05, 4.69) is 0 Å². The van der Waals surface area contributed by atoms with Crippen molar-refractivity contribution in [1.82, 2.24) is 0 Å². The Labute approximate surface area is 212 Å². The first-order valence-corrected chi connectivity index (χ1v) is 11.2. The van der Waals surface area contributed by atoms with Crippen LogP contribution in [0.15, 0.2) is 29.1 Å². The lowest BCUT2D eigenvalue weighted by molar-refractivity contribution is -0.165. The molecule has 3 atom stereocenters. The van der Waals surface area contributed by atoms with Gasteiger partial charge in [-0.25, -0.2) is 9.59 Å². The highest BCUT2D eigenvalue weighted by atomic mass is 16.5. The quantitative estimate of drug-likeness (QED) is 0.331. The van der Waals surface area contributed by atoms with Gasteiger partial charge < -0.3 is 45.1 Å². The lowest BCUT2D eigenvalue weighted by Gasteiger charge is -2.19. The zero-order chi connectivity index (χ0) is 27.9. The van der Waals surface area contributed by atoms with Gasteiger partial charge in [0.15, 0.2) is 29.5 Å². The van der Waals surface area contributed by atoms with Crippen LogP contribution >= 0.6 is 0 Å². The van der Waals surface area contributed by atoms with E-state index in [1.807, 2.05) is 19.1 Å². The van der Waals surface area contributed by atoms with E-state index in [0.717, 1.165) is 28.7 Å². The first-order valence-electron chi connectivity index (χ1n) is 11.2. The van der Waals surface area contributed by atoms with Gasteiger partial charge in [0.25, 0.3) is 0 Å². The summed E-state index contributed by atoms with van der Waals surface area (Å²) >= 11 is 0. The number of hydrogen-bond donors (Lipinski definition) is 5. The third-order valence-corrected chi connectivity index (χ3v) is 5.65.